The highest BCUT2D eigenvalue weighted by Gasteiger charge is 2.47. The molecule has 0 saturated carbocycles. The maximum atomic E-state index is 13.1. The molecule has 7 heteroatoms. The largest absolute Gasteiger partial charge is 0.433 e. The van der Waals surface area contributed by atoms with E-state index >= 15 is 0 Å². The lowest BCUT2D eigenvalue weighted by Crippen LogP contribution is -2.52. The van der Waals surface area contributed by atoms with Gasteiger partial charge in [0.2, 0.25) is 0 Å². The molecule has 3 saturated heterocycles. The molecular weight excluding hydrogens is 427 g/mol. The van der Waals surface area contributed by atoms with Gasteiger partial charge in [-0.1, -0.05) is 36.4 Å². The molecule has 3 aliphatic heterocycles. The van der Waals surface area contributed by atoms with E-state index in [4.69, 9.17) is 4.74 Å². The van der Waals surface area contributed by atoms with Gasteiger partial charge >= 0.3 is 6.18 Å². The van der Waals surface area contributed by atoms with Gasteiger partial charge in [0.1, 0.15) is 5.69 Å². The normalized spacial score (nSPS) is 25.9. The number of hydrogen-bond donors (Lipinski definition) is 0. The minimum absolute atomic E-state index is 0.00275. The molecule has 5 rings (SSSR count). The summed E-state index contributed by atoms with van der Waals surface area (Å²) in [5.41, 5.74) is 1.10. The van der Waals surface area contributed by atoms with Crippen molar-refractivity contribution < 1.29 is 17.9 Å². The zero-order chi connectivity index (χ0) is 22.9. The van der Waals surface area contributed by atoms with E-state index in [1.165, 1.54) is 11.6 Å². The molecule has 178 valence electrons. The molecule has 1 aromatic heterocycles. The van der Waals surface area contributed by atoms with Gasteiger partial charge in [-0.2, -0.15) is 13.2 Å². The molecule has 4 heterocycles. The van der Waals surface area contributed by atoms with Gasteiger partial charge in [0.05, 0.1) is 0 Å². The molecule has 0 amide bonds. The van der Waals surface area contributed by atoms with Crippen LogP contribution in [0.4, 0.5) is 13.2 Å². The molecule has 0 radical (unpaired) electrons. The Kier molecular flexibility index (Phi) is 6.47. The van der Waals surface area contributed by atoms with Crippen LogP contribution in [0.5, 0.6) is 0 Å². The van der Waals surface area contributed by atoms with E-state index in [0.717, 1.165) is 71.3 Å². The average molecular weight is 460 g/mol. The van der Waals surface area contributed by atoms with E-state index < -0.39 is 11.9 Å². The molecule has 2 aromatic rings. The summed E-state index contributed by atoms with van der Waals surface area (Å²) in [6.07, 6.45) is -1.11. The second-order valence-corrected chi connectivity index (χ2v) is 9.95. The zero-order valence-corrected chi connectivity index (χ0v) is 18.9. The quantitative estimate of drug-likeness (QED) is 0.629. The van der Waals surface area contributed by atoms with Gasteiger partial charge in [-0.05, 0) is 55.2 Å². The van der Waals surface area contributed by atoms with E-state index in [0.29, 0.717) is 24.0 Å². The van der Waals surface area contributed by atoms with Gasteiger partial charge in [-0.3, -0.25) is 9.80 Å². The number of fused-ring (bicyclic) bond motifs is 1. The van der Waals surface area contributed by atoms with Gasteiger partial charge in [-0.15, -0.1) is 0 Å². The summed E-state index contributed by atoms with van der Waals surface area (Å²) in [7, 11) is 0. The van der Waals surface area contributed by atoms with E-state index in [2.05, 4.69) is 45.1 Å². The summed E-state index contributed by atoms with van der Waals surface area (Å²) in [6, 6.07) is 14.9. The fraction of sp³-hybridized carbons (Fsp3) is 0.577. The average Bonchev–Trinajstić information content (AvgIpc) is 3.38. The maximum Gasteiger partial charge on any atom is 0.433 e. The minimum atomic E-state index is -4.40. The molecule has 2 unspecified atom stereocenters. The Hall–Kier alpha value is -1.96. The summed E-state index contributed by atoms with van der Waals surface area (Å²) in [5.74, 6) is 1.33. The Bertz CT molecular complexity index is 916. The monoisotopic (exact) mass is 459 g/mol. The minimum Gasteiger partial charge on any atom is -0.381 e. The topological polar surface area (TPSA) is 28.6 Å². The Balaban J connectivity index is 1.23. The van der Waals surface area contributed by atoms with Crippen LogP contribution in [-0.2, 0) is 23.9 Å². The number of benzene rings is 1. The van der Waals surface area contributed by atoms with Gasteiger partial charge in [0.25, 0.3) is 0 Å². The molecule has 0 aliphatic carbocycles. The molecule has 33 heavy (non-hydrogen) atoms. The van der Waals surface area contributed by atoms with Gasteiger partial charge in [0, 0.05) is 57.2 Å². The number of halogens is 3. The number of ether oxygens (including phenoxy) is 1. The van der Waals surface area contributed by atoms with E-state index in [-0.39, 0.29) is 5.54 Å². The molecule has 4 nitrogen and oxygen atoms in total. The van der Waals surface area contributed by atoms with Crippen LogP contribution in [-0.4, -0.2) is 59.7 Å². The number of nitrogens with zero attached hydrogens (tertiary/aromatic N) is 3. The summed E-state index contributed by atoms with van der Waals surface area (Å²) in [6.45, 7) is 6.85. The van der Waals surface area contributed by atoms with Crippen molar-refractivity contribution in [1.82, 2.24) is 14.8 Å². The van der Waals surface area contributed by atoms with Crippen molar-refractivity contribution >= 4 is 0 Å². The first kappa shape index (κ1) is 22.8. The number of likely N-dealkylation sites (tertiary alicyclic amines) is 2. The highest BCUT2D eigenvalue weighted by Crippen LogP contribution is 2.41. The summed E-state index contributed by atoms with van der Waals surface area (Å²) >= 11 is 0. The van der Waals surface area contributed by atoms with Crippen LogP contribution in [0.3, 0.4) is 0 Å². The third-order valence-corrected chi connectivity index (χ3v) is 7.85. The van der Waals surface area contributed by atoms with Crippen molar-refractivity contribution in [2.24, 2.45) is 11.8 Å². The first-order valence-electron chi connectivity index (χ1n) is 12.0. The number of pyridine rings is 1. The number of hydrogen-bond acceptors (Lipinski definition) is 4. The molecule has 0 N–H and O–H groups in total. The van der Waals surface area contributed by atoms with E-state index in [9.17, 15) is 13.2 Å². The molecular formula is C26H32F3N3O. The third-order valence-electron chi connectivity index (χ3n) is 7.85. The highest BCUT2D eigenvalue weighted by atomic mass is 19.4. The van der Waals surface area contributed by atoms with Crippen LogP contribution in [0.25, 0.3) is 0 Å². The van der Waals surface area contributed by atoms with Crippen LogP contribution in [0.15, 0.2) is 48.5 Å². The zero-order valence-electron chi connectivity index (χ0n) is 18.9. The Morgan fingerprint density at radius 3 is 2.27 bits per heavy atom. The number of aryl methyl sites for hydroxylation is 1. The Labute approximate surface area is 193 Å². The van der Waals surface area contributed by atoms with Crippen LogP contribution < -0.4 is 0 Å². The maximum absolute atomic E-state index is 13.1. The second kappa shape index (κ2) is 9.35. The van der Waals surface area contributed by atoms with Crippen molar-refractivity contribution in [3.63, 3.8) is 0 Å². The second-order valence-electron chi connectivity index (χ2n) is 9.95. The Morgan fingerprint density at radius 2 is 1.61 bits per heavy atom. The van der Waals surface area contributed by atoms with Crippen molar-refractivity contribution in [3.05, 3.63) is 65.5 Å². The van der Waals surface area contributed by atoms with E-state index in [1.807, 2.05) is 0 Å². The third kappa shape index (κ3) is 5.10. The predicted octanol–water partition coefficient (Wildman–Crippen LogP) is 4.65. The summed E-state index contributed by atoms with van der Waals surface area (Å²) in [5, 5.41) is 0. The van der Waals surface area contributed by atoms with Crippen LogP contribution in [0.1, 0.15) is 36.2 Å². The number of alkyl halides is 3. The summed E-state index contributed by atoms with van der Waals surface area (Å²) < 4.78 is 45.0. The predicted molar refractivity (Wildman–Crippen MR) is 121 cm³/mol. The number of rotatable bonds is 6. The lowest BCUT2D eigenvalue weighted by Gasteiger charge is -2.45. The summed E-state index contributed by atoms with van der Waals surface area (Å²) in [4.78, 5) is 9.14. The van der Waals surface area contributed by atoms with Crippen LogP contribution >= 0.6 is 0 Å². The standard InChI is InChI=1S/C26H32F3N3O/c27-26(28,29)24-8-4-7-23(30-24)9-10-25(11-13-33-14-12-25)32-18-21-16-31(17-22(21)19-32)15-20-5-2-1-3-6-20/h1-8,21-22H,9-19H2. The van der Waals surface area contributed by atoms with Crippen molar-refractivity contribution in [3.8, 4) is 0 Å². The Morgan fingerprint density at radius 1 is 0.909 bits per heavy atom. The first-order chi connectivity index (χ1) is 15.9. The fourth-order valence-corrected chi connectivity index (χ4v) is 6.06. The molecule has 2 atom stereocenters. The lowest BCUT2D eigenvalue weighted by molar-refractivity contribution is -0.141. The van der Waals surface area contributed by atoms with E-state index in [1.54, 1.807) is 6.07 Å². The van der Waals surface area contributed by atoms with Gasteiger partial charge < -0.3 is 4.74 Å². The van der Waals surface area contributed by atoms with Gasteiger partial charge in [-0.25, -0.2) is 4.98 Å². The smallest absolute Gasteiger partial charge is 0.381 e. The molecule has 3 aliphatic rings. The van der Waals surface area contributed by atoms with Crippen molar-refractivity contribution in [2.75, 3.05) is 39.4 Å². The van der Waals surface area contributed by atoms with Crippen LogP contribution in [0.2, 0.25) is 0 Å². The first-order valence-corrected chi connectivity index (χ1v) is 12.0. The SMILES string of the molecule is FC(F)(F)c1cccc(CCC2(N3CC4CN(Cc5ccccc5)CC4C3)CCOCC2)n1. The van der Waals surface area contributed by atoms with Crippen LogP contribution in [0, 0.1) is 11.8 Å². The molecule has 3 fully saturated rings. The molecule has 0 spiro atoms. The van der Waals surface area contributed by atoms with Crippen molar-refractivity contribution in [1.29, 1.82) is 0 Å². The van der Waals surface area contributed by atoms with Gasteiger partial charge in [0.15, 0.2) is 0 Å². The highest BCUT2D eigenvalue weighted by molar-refractivity contribution is 5.16. The van der Waals surface area contributed by atoms with Crippen molar-refractivity contribution in [2.45, 2.75) is 43.9 Å². The fourth-order valence-electron chi connectivity index (χ4n) is 6.06. The lowest BCUT2D eigenvalue weighted by atomic mass is 9.83. The molecule has 1 aromatic carbocycles. The molecule has 0 bridgehead atoms. The number of aromatic nitrogens is 1.